The lowest BCUT2D eigenvalue weighted by atomic mass is 10.1. The van der Waals surface area contributed by atoms with Gasteiger partial charge in [-0.05, 0) is 24.3 Å². The Morgan fingerprint density at radius 3 is 2.84 bits per heavy atom. The molecule has 0 aliphatic heterocycles. The predicted molar refractivity (Wildman–Crippen MR) is 95.4 cm³/mol. The molecule has 0 spiro atoms. The summed E-state index contributed by atoms with van der Waals surface area (Å²) in [5, 5.41) is 21.2. The first-order valence-electron chi connectivity index (χ1n) is 7.04. The number of phenolic OH excluding ortho intramolecular Hbond substituents is 1. The van der Waals surface area contributed by atoms with Crippen LogP contribution in [0.3, 0.4) is 0 Å². The summed E-state index contributed by atoms with van der Waals surface area (Å²) >= 11 is 7.01. The Labute approximate surface area is 148 Å². The van der Waals surface area contributed by atoms with Gasteiger partial charge in [0.15, 0.2) is 4.96 Å². The molecule has 1 N–H and O–H groups in total. The largest absolute Gasteiger partial charge is 0.502 e. The van der Waals surface area contributed by atoms with Gasteiger partial charge < -0.3 is 5.11 Å². The molecule has 25 heavy (non-hydrogen) atoms. The van der Waals surface area contributed by atoms with E-state index in [9.17, 15) is 20.0 Å². The van der Waals surface area contributed by atoms with Crippen LogP contribution in [0.15, 0.2) is 41.2 Å². The zero-order valence-corrected chi connectivity index (χ0v) is 13.9. The Balaban J connectivity index is 2.01. The van der Waals surface area contributed by atoms with Crippen molar-refractivity contribution in [3.8, 4) is 5.75 Å². The molecule has 0 unspecified atom stereocenters. The molecule has 0 radical (unpaired) electrons. The van der Waals surface area contributed by atoms with Crippen molar-refractivity contribution in [1.82, 2.24) is 9.38 Å². The highest BCUT2D eigenvalue weighted by Gasteiger charge is 2.18. The van der Waals surface area contributed by atoms with E-state index in [-0.39, 0.29) is 16.1 Å². The van der Waals surface area contributed by atoms with Crippen LogP contribution in [0, 0.1) is 10.1 Å². The average molecular weight is 374 g/mol. The standard InChI is InChI=1S/C16H8ClN3O4S/c17-9-5-8(14(21)12(7-9)20(23)24)6-13-15(22)19-11-4-2-1-3-10(11)18-16(19)25-13/h1-7,21H/b13-6+. The molecule has 2 aromatic carbocycles. The first-order valence-corrected chi connectivity index (χ1v) is 8.24. The summed E-state index contributed by atoms with van der Waals surface area (Å²) in [4.78, 5) is 27.8. The number of para-hydroxylation sites is 2. The van der Waals surface area contributed by atoms with Crippen LogP contribution in [0.2, 0.25) is 5.02 Å². The summed E-state index contributed by atoms with van der Waals surface area (Å²) in [6.45, 7) is 0. The molecule has 4 rings (SSSR count). The molecule has 2 heterocycles. The van der Waals surface area contributed by atoms with E-state index >= 15 is 0 Å². The lowest BCUT2D eigenvalue weighted by molar-refractivity contribution is -0.385. The summed E-state index contributed by atoms with van der Waals surface area (Å²) in [6, 6.07) is 9.66. The van der Waals surface area contributed by atoms with Crippen LogP contribution in [0.5, 0.6) is 5.75 Å². The fourth-order valence-corrected chi connectivity index (χ4v) is 3.81. The summed E-state index contributed by atoms with van der Waals surface area (Å²) in [5.41, 5.74) is 0.664. The second-order valence-corrected chi connectivity index (χ2v) is 6.70. The van der Waals surface area contributed by atoms with Gasteiger partial charge in [-0.15, -0.1) is 0 Å². The van der Waals surface area contributed by atoms with Crippen molar-refractivity contribution in [1.29, 1.82) is 0 Å². The van der Waals surface area contributed by atoms with E-state index in [2.05, 4.69) is 4.98 Å². The maximum atomic E-state index is 12.7. The van der Waals surface area contributed by atoms with Crippen molar-refractivity contribution in [2.75, 3.05) is 0 Å². The monoisotopic (exact) mass is 373 g/mol. The minimum Gasteiger partial charge on any atom is -0.502 e. The SMILES string of the molecule is O=c1/c(=C\c2cc(Cl)cc([N+](=O)[O-])c2O)sc2nc3ccccc3n12. The van der Waals surface area contributed by atoms with Gasteiger partial charge in [0.05, 0.1) is 20.5 Å². The minimum absolute atomic E-state index is 0.0926. The normalized spacial score (nSPS) is 12.3. The topological polar surface area (TPSA) is 97.7 Å². The third-order valence-electron chi connectivity index (χ3n) is 3.71. The predicted octanol–water partition coefficient (Wildman–Crippen LogP) is 2.72. The maximum Gasteiger partial charge on any atom is 0.312 e. The molecule has 0 aliphatic carbocycles. The number of imidazole rings is 1. The number of nitrogens with zero attached hydrogens (tertiary/aromatic N) is 3. The Bertz CT molecular complexity index is 1280. The van der Waals surface area contributed by atoms with Gasteiger partial charge in [-0.3, -0.25) is 14.9 Å². The second kappa shape index (κ2) is 5.54. The van der Waals surface area contributed by atoms with Gasteiger partial charge in [-0.25, -0.2) is 9.38 Å². The molecule has 7 nitrogen and oxygen atoms in total. The molecule has 9 heteroatoms. The number of hydrogen-bond acceptors (Lipinski definition) is 6. The first-order chi connectivity index (χ1) is 12.0. The molecular weight excluding hydrogens is 366 g/mol. The van der Waals surface area contributed by atoms with E-state index in [0.29, 0.717) is 20.5 Å². The number of aromatic nitrogens is 2. The Morgan fingerprint density at radius 2 is 2.08 bits per heavy atom. The molecule has 0 fully saturated rings. The van der Waals surface area contributed by atoms with Crippen LogP contribution in [0.1, 0.15) is 5.56 Å². The van der Waals surface area contributed by atoms with Crippen molar-refractivity contribution in [3.63, 3.8) is 0 Å². The molecule has 0 aliphatic rings. The number of phenols is 1. The Kier molecular flexibility index (Phi) is 3.45. The Morgan fingerprint density at radius 1 is 1.32 bits per heavy atom. The molecule has 0 atom stereocenters. The van der Waals surface area contributed by atoms with Crippen molar-refractivity contribution in [2.45, 2.75) is 0 Å². The van der Waals surface area contributed by atoms with Crippen molar-refractivity contribution in [3.05, 3.63) is 72.0 Å². The zero-order valence-electron chi connectivity index (χ0n) is 12.3. The van der Waals surface area contributed by atoms with Gasteiger partial charge in [0.1, 0.15) is 0 Å². The van der Waals surface area contributed by atoms with Gasteiger partial charge >= 0.3 is 5.69 Å². The van der Waals surface area contributed by atoms with Gasteiger partial charge in [0.25, 0.3) is 5.56 Å². The summed E-state index contributed by atoms with van der Waals surface area (Å²) in [6.07, 6.45) is 1.38. The van der Waals surface area contributed by atoms with Crippen molar-refractivity contribution in [2.24, 2.45) is 0 Å². The number of thiazole rings is 1. The second-order valence-electron chi connectivity index (χ2n) is 5.25. The number of fused-ring (bicyclic) bond motifs is 3. The number of hydrogen-bond donors (Lipinski definition) is 1. The molecule has 0 saturated carbocycles. The third-order valence-corrected chi connectivity index (χ3v) is 4.90. The molecule has 0 bridgehead atoms. The van der Waals surface area contributed by atoms with Gasteiger partial charge in [0.2, 0.25) is 5.75 Å². The van der Waals surface area contributed by atoms with Crippen LogP contribution in [-0.2, 0) is 0 Å². The number of nitro benzene ring substituents is 1. The highest BCUT2D eigenvalue weighted by atomic mass is 35.5. The van der Waals surface area contributed by atoms with E-state index in [0.717, 1.165) is 17.4 Å². The minimum atomic E-state index is -0.731. The highest BCUT2D eigenvalue weighted by molar-refractivity contribution is 7.15. The molecular formula is C16H8ClN3O4S. The van der Waals surface area contributed by atoms with Gasteiger partial charge in [0, 0.05) is 16.7 Å². The van der Waals surface area contributed by atoms with Crippen molar-refractivity contribution >= 4 is 50.7 Å². The van der Waals surface area contributed by atoms with E-state index in [1.54, 1.807) is 6.07 Å². The lowest BCUT2D eigenvalue weighted by Crippen LogP contribution is -2.22. The summed E-state index contributed by atoms with van der Waals surface area (Å²) < 4.78 is 1.77. The molecule has 2 aromatic heterocycles. The summed E-state index contributed by atoms with van der Waals surface area (Å²) in [5.74, 6) is -0.537. The van der Waals surface area contributed by atoms with E-state index < -0.39 is 16.4 Å². The van der Waals surface area contributed by atoms with E-state index in [1.807, 2.05) is 18.2 Å². The first kappa shape index (κ1) is 15.6. The van der Waals surface area contributed by atoms with E-state index in [1.165, 1.54) is 16.5 Å². The van der Waals surface area contributed by atoms with Crippen LogP contribution in [0.4, 0.5) is 5.69 Å². The van der Waals surface area contributed by atoms with Crippen LogP contribution < -0.4 is 10.1 Å². The quantitative estimate of drug-likeness (QED) is 0.430. The number of benzene rings is 2. The van der Waals surface area contributed by atoms with Crippen molar-refractivity contribution < 1.29 is 10.0 Å². The lowest BCUT2D eigenvalue weighted by Gasteiger charge is -2.01. The fraction of sp³-hybridized carbons (Fsp3) is 0. The molecule has 0 amide bonds. The number of rotatable bonds is 2. The number of nitro groups is 1. The fourth-order valence-electron chi connectivity index (χ4n) is 2.61. The molecule has 0 saturated heterocycles. The van der Waals surface area contributed by atoms with Gasteiger partial charge in [-0.1, -0.05) is 35.1 Å². The molecule has 124 valence electrons. The summed E-state index contributed by atoms with van der Waals surface area (Å²) in [7, 11) is 0. The highest BCUT2D eigenvalue weighted by Crippen LogP contribution is 2.33. The zero-order chi connectivity index (χ0) is 17.7. The van der Waals surface area contributed by atoms with Crippen LogP contribution in [-0.4, -0.2) is 19.4 Å². The number of halogens is 1. The van der Waals surface area contributed by atoms with Crippen LogP contribution in [0.25, 0.3) is 22.1 Å². The molecule has 4 aromatic rings. The number of aromatic hydroxyl groups is 1. The van der Waals surface area contributed by atoms with Crippen LogP contribution >= 0.6 is 22.9 Å². The Hall–Kier alpha value is -2.97. The maximum absolute atomic E-state index is 12.7. The van der Waals surface area contributed by atoms with Gasteiger partial charge in [-0.2, -0.15) is 0 Å². The third kappa shape index (κ3) is 2.43. The van der Waals surface area contributed by atoms with E-state index in [4.69, 9.17) is 11.6 Å². The smallest absolute Gasteiger partial charge is 0.312 e. The average Bonchev–Trinajstić information content (AvgIpc) is 3.07.